The first-order chi connectivity index (χ1) is 9.61. The summed E-state index contributed by atoms with van der Waals surface area (Å²) < 4.78 is 13.6. The average molecular weight is 312 g/mol. The minimum absolute atomic E-state index is 0.0276. The van der Waals surface area contributed by atoms with Gasteiger partial charge in [0.25, 0.3) is 0 Å². The third kappa shape index (κ3) is 3.61. The molecule has 0 aliphatic heterocycles. The number of carboxylic acids is 1. The number of carboxylic acid groups (broad SMARTS) is 1. The molecule has 20 heavy (non-hydrogen) atoms. The molecular formula is C13H16N2O3S2. The number of aliphatic carboxylic acids is 1. The van der Waals surface area contributed by atoms with E-state index in [2.05, 4.69) is 4.98 Å². The van der Waals surface area contributed by atoms with Crippen LogP contribution >= 0.6 is 11.8 Å². The van der Waals surface area contributed by atoms with Crippen molar-refractivity contribution in [3.63, 3.8) is 0 Å². The Morgan fingerprint density at radius 1 is 1.45 bits per heavy atom. The summed E-state index contributed by atoms with van der Waals surface area (Å²) >= 11 is 1.19. The molecule has 1 heterocycles. The van der Waals surface area contributed by atoms with Crippen molar-refractivity contribution in [1.29, 1.82) is 0 Å². The van der Waals surface area contributed by atoms with Crippen molar-refractivity contribution >= 4 is 39.6 Å². The highest BCUT2D eigenvalue weighted by molar-refractivity contribution is 7.99. The molecule has 0 aliphatic rings. The van der Waals surface area contributed by atoms with Gasteiger partial charge in [-0.3, -0.25) is 9.00 Å². The van der Waals surface area contributed by atoms with E-state index in [1.807, 2.05) is 35.8 Å². The number of hydrogen-bond donors (Lipinski definition) is 1. The van der Waals surface area contributed by atoms with Gasteiger partial charge in [-0.1, -0.05) is 30.8 Å². The van der Waals surface area contributed by atoms with Crippen LogP contribution in [0, 0.1) is 0 Å². The second-order valence-electron chi connectivity index (χ2n) is 4.15. The SMILES string of the molecule is CCS(=O)CCn1c(SCC(=O)O)nc2ccccc21. The van der Waals surface area contributed by atoms with Crippen molar-refractivity contribution in [1.82, 2.24) is 9.55 Å². The van der Waals surface area contributed by atoms with Crippen LogP contribution in [0.1, 0.15) is 6.92 Å². The van der Waals surface area contributed by atoms with Gasteiger partial charge in [0.2, 0.25) is 0 Å². The van der Waals surface area contributed by atoms with Crippen LogP contribution in [0.3, 0.4) is 0 Å². The molecule has 1 aromatic heterocycles. The van der Waals surface area contributed by atoms with Gasteiger partial charge in [0, 0.05) is 28.9 Å². The number of aryl methyl sites for hydroxylation is 1. The van der Waals surface area contributed by atoms with Crippen LogP contribution in [0.5, 0.6) is 0 Å². The van der Waals surface area contributed by atoms with Crippen molar-refractivity contribution in [3.8, 4) is 0 Å². The molecule has 0 bridgehead atoms. The summed E-state index contributed by atoms with van der Waals surface area (Å²) in [5, 5.41) is 9.46. The molecule has 0 spiro atoms. The van der Waals surface area contributed by atoms with Gasteiger partial charge in [0.05, 0.1) is 16.8 Å². The molecule has 0 saturated carbocycles. The lowest BCUT2D eigenvalue weighted by atomic mass is 10.3. The lowest BCUT2D eigenvalue weighted by Crippen LogP contribution is -2.10. The molecule has 2 aromatic rings. The van der Waals surface area contributed by atoms with Gasteiger partial charge in [-0.2, -0.15) is 0 Å². The standard InChI is InChI=1S/C13H16N2O3S2/c1-2-20(18)8-7-15-11-6-4-3-5-10(11)14-13(15)19-9-12(16)17/h3-6H,2,7-9H2,1H3,(H,16,17). The van der Waals surface area contributed by atoms with Crippen LogP contribution in [0.15, 0.2) is 29.4 Å². The summed E-state index contributed by atoms with van der Waals surface area (Å²) in [5.41, 5.74) is 1.79. The Morgan fingerprint density at radius 3 is 2.90 bits per heavy atom. The number of carbonyl (C=O) groups is 1. The maximum atomic E-state index is 11.6. The van der Waals surface area contributed by atoms with Gasteiger partial charge in [0.15, 0.2) is 5.16 Å². The molecule has 7 heteroatoms. The average Bonchev–Trinajstić information content (AvgIpc) is 2.80. The fourth-order valence-corrected chi connectivity index (χ4v) is 3.28. The Bertz CT molecular complexity index is 640. The number of thioether (sulfide) groups is 1. The van der Waals surface area contributed by atoms with Crippen molar-refractivity contribution < 1.29 is 14.1 Å². The minimum atomic E-state index is -0.870. The van der Waals surface area contributed by atoms with Gasteiger partial charge in [-0.25, -0.2) is 4.98 Å². The molecule has 0 saturated heterocycles. The second kappa shape index (κ2) is 6.90. The second-order valence-corrected chi connectivity index (χ2v) is 6.96. The number of aromatic nitrogens is 2. The van der Waals surface area contributed by atoms with Gasteiger partial charge in [-0.15, -0.1) is 0 Å². The minimum Gasteiger partial charge on any atom is -0.481 e. The predicted molar refractivity (Wildman–Crippen MR) is 81.6 cm³/mol. The van der Waals surface area contributed by atoms with Crippen LogP contribution in [-0.4, -0.2) is 42.1 Å². The summed E-state index contributed by atoms with van der Waals surface area (Å²) in [6.45, 7) is 2.48. The monoisotopic (exact) mass is 312 g/mol. The Kier molecular flexibility index (Phi) is 5.19. The van der Waals surface area contributed by atoms with Crippen LogP contribution < -0.4 is 0 Å². The number of benzene rings is 1. The molecular weight excluding hydrogens is 296 g/mol. The number of imidazole rings is 1. The van der Waals surface area contributed by atoms with E-state index in [-0.39, 0.29) is 5.75 Å². The van der Waals surface area contributed by atoms with Crippen molar-refractivity contribution in [2.24, 2.45) is 0 Å². The van der Waals surface area contributed by atoms with E-state index in [0.29, 0.717) is 23.2 Å². The molecule has 0 radical (unpaired) electrons. The lowest BCUT2D eigenvalue weighted by Gasteiger charge is -2.07. The first-order valence-electron chi connectivity index (χ1n) is 6.26. The molecule has 0 amide bonds. The summed E-state index contributed by atoms with van der Waals surface area (Å²) in [5.74, 6) is 0.285. The molecule has 0 aliphatic carbocycles. The number of fused-ring (bicyclic) bond motifs is 1. The van der Waals surface area contributed by atoms with Gasteiger partial charge in [-0.05, 0) is 12.1 Å². The van der Waals surface area contributed by atoms with Crippen LogP contribution in [0.25, 0.3) is 11.0 Å². The molecule has 1 unspecified atom stereocenters. The Hall–Kier alpha value is -1.34. The first kappa shape index (κ1) is 15.1. The lowest BCUT2D eigenvalue weighted by molar-refractivity contribution is -0.133. The summed E-state index contributed by atoms with van der Waals surface area (Å²) in [7, 11) is -0.850. The zero-order valence-corrected chi connectivity index (χ0v) is 12.7. The fourth-order valence-electron chi connectivity index (χ4n) is 1.84. The van der Waals surface area contributed by atoms with Gasteiger partial charge < -0.3 is 9.67 Å². The van der Waals surface area contributed by atoms with Crippen LogP contribution in [0.2, 0.25) is 0 Å². The maximum absolute atomic E-state index is 11.6. The molecule has 1 aromatic carbocycles. The van der Waals surface area contributed by atoms with E-state index in [1.165, 1.54) is 11.8 Å². The summed E-state index contributed by atoms with van der Waals surface area (Å²) in [6.07, 6.45) is 0. The van der Waals surface area contributed by atoms with Crippen molar-refractivity contribution in [2.45, 2.75) is 18.6 Å². The molecule has 1 N–H and O–H groups in total. The molecule has 108 valence electrons. The van der Waals surface area contributed by atoms with E-state index in [9.17, 15) is 9.00 Å². The Morgan fingerprint density at radius 2 is 2.20 bits per heavy atom. The van der Waals surface area contributed by atoms with Gasteiger partial charge >= 0.3 is 5.97 Å². The van der Waals surface area contributed by atoms with Crippen LogP contribution in [-0.2, 0) is 22.1 Å². The topological polar surface area (TPSA) is 72.2 Å². The number of hydrogen-bond acceptors (Lipinski definition) is 4. The van der Waals surface area contributed by atoms with Crippen LogP contribution in [0.4, 0.5) is 0 Å². The Labute approximate surface area is 123 Å². The molecule has 0 fully saturated rings. The highest BCUT2D eigenvalue weighted by atomic mass is 32.2. The number of rotatable bonds is 7. The van der Waals surface area contributed by atoms with Crippen molar-refractivity contribution in [2.75, 3.05) is 17.3 Å². The third-order valence-electron chi connectivity index (χ3n) is 2.81. The Balaban J connectivity index is 2.29. The quantitative estimate of drug-likeness (QED) is 0.792. The number of nitrogens with zero attached hydrogens (tertiary/aromatic N) is 2. The summed E-state index contributed by atoms with van der Waals surface area (Å²) in [6, 6.07) is 7.66. The number of para-hydroxylation sites is 2. The predicted octanol–water partition coefficient (Wildman–Crippen LogP) is 1.98. The van der Waals surface area contributed by atoms with E-state index in [4.69, 9.17) is 5.11 Å². The van der Waals surface area contributed by atoms with E-state index < -0.39 is 16.8 Å². The highest BCUT2D eigenvalue weighted by Crippen LogP contribution is 2.23. The normalized spacial score (nSPS) is 12.7. The zero-order chi connectivity index (χ0) is 14.5. The van der Waals surface area contributed by atoms with E-state index in [1.54, 1.807) is 0 Å². The molecule has 5 nitrogen and oxygen atoms in total. The van der Waals surface area contributed by atoms with Crippen molar-refractivity contribution in [3.05, 3.63) is 24.3 Å². The molecule has 2 rings (SSSR count). The fraction of sp³-hybridized carbons (Fsp3) is 0.385. The smallest absolute Gasteiger partial charge is 0.313 e. The summed E-state index contributed by atoms with van der Waals surface area (Å²) in [4.78, 5) is 15.2. The largest absolute Gasteiger partial charge is 0.481 e. The van der Waals surface area contributed by atoms with Gasteiger partial charge in [0.1, 0.15) is 0 Å². The third-order valence-corrected chi connectivity index (χ3v) is 5.05. The van der Waals surface area contributed by atoms with E-state index >= 15 is 0 Å². The highest BCUT2D eigenvalue weighted by Gasteiger charge is 2.12. The maximum Gasteiger partial charge on any atom is 0.313 e. The zero-order valence-electron chi connectivity index (χ0n) is 11.1. The van der Waals surface area contributed by atoms with E-state index in [0.717, 1.165) is 11.0 Å². The molecule has 1 atom stereocenters. The first-order valence-corrected chi connectivity index (χ1v) is 8.74.